The molecule has 2 rings (SSSR count). The van der Waals surface area contributed by atoms with Gasteiger partial charge in [0, 0.05) is 16.7 Å². The van der Waals surface area contributed by atoms with Crippen LogP contribution in [0.5, 0.6) is 0 Å². The summed E-state index contributed by atoms with van der Waals surface area (Å²) >= 11 is 0. The van der Waals surface area contributed by atoms with E-state index in [1.807, 2.05) is 0 Å². The molecule has 27 heavy (non-hydrogen) atoms. The minimum absolute atomic E-state index is 0.171. The maximum absolute atomic E-state index is 14.7. The maximum atomic E-state index is 14.7. The van der Waals surface area contributed by atoms with Crippen molar-refractivity contribution in [3.05, 3.63) is 0 Å². The highest BCUT2D eigenvalue weighted by atomic mass is 35.7. The summed E-state index contributed by atoms with van der Waals surface area (Å²) in [5.74, 6) is 0. The van der Waals surface area contributed by atoms with Crippen molar-refractivity contribution in [2.45, 2.75) is 76.4 Å². The third-order valence-corrected chi connectivity index (χ3v) is 4.51. The highest BCUT2D eigenvalue weighted by molar-refractivity contribution is 8.13. The molecule has 8 nitrogen and oxygen atoms in total. The minimum Gasteiger partial charge on any atom is -0.444 e. The lowest BCUT2D eigenvalue weighted by Crippen LogP contribution is -2.62. The van der Waals surface area contributed by atoms with Gasteiger partial charge in [0.15, 0.2) is 0 Å². The summed E-state index contributed by atoms with van der Waals surface area (Å²) in [5, 5.41) is 0. The summed E-state index contributed by atoms with van der Waals surface area (Å²) in [6.45, 7) is 5.27. The van der Waals surface area contributed by atoms with Crippen LogP contribution in [0.1, 0.15) is 46.5 Å². The number of amides is 1. The van der Waals surface area contributed by atoms with E-state index < -0.39 is 49.2 Å². The van der Waals surface area contributed by atoms with Crippen LogP contribution in [0.2, 0.25) is 0 Å². The Morgan fingerprint density at radius 2 is 1.67 bits per heavy atom. The van der Waals surface area contributed by atoms with Gasteiger partial charge in [0.05, 0.1) is 18.6 Å². The van der Waals surface area contributed by atoms with E-state index in [9.17, 15) is 26.0 Å². The van der Waals surface area contributed by atoms with Crippen molar-refractivity contribution in [1.29, 1.82) is 0 Å². The highest BCUT2D eigenvalue weighted by Crippen LogP contribution is 2.38. The van der Waals surface area contributed by atoms with E-state index in [2.05, 4.69) is 10.7 Å². The van der Waals surface area contributed by atoms with Gasteiger partial charge in [-0.2, -0.15) is 8.42 Å². The molecule has 2 heterocycles. The molecule has 12 heteroatoms. The molecule has 2 aliphatic heterocycles. The smallest absolute Gasteiger partial charge is 0.410 e. The predicted octanol–water partition coefficient (Wildman–Crippen LogP) is 2.42. The first kappa shape index (κ1) is 24.4. The number of rotatable bonds is 2. The van der Waals surface area contributed by atoms with Crippen LogP contribution in [0.4, 0.5) is 9.18 Å². The van der Waals surface area contributed by atoms with Crippen molar-refractivity contribution in [2.24, 2.45) is 0 Å². The predicted molar refractivity (Wildman–Crippen MR) is 99.4 cm³/mol. The quantitative estimate of drug-likeness (QED) is 0.468. The number of fused-ring (bicyclic) bond motifs is 2. The summed E-state index contributed by atoms with van der Waals surface area (Å²) in [7, 11) is -2.42. The molecule has 0 saturated carbocycles. The zero-order valence-electron chi connectivity index (χ0n) is 16.0. The van der Waals surface area contributed by atoms with Crippen molar-refractivity contribution in [1.82, 2.24) is 4.90 Å². The first-order chi connectivity index (χ1) is 12.0. The Balaban J connectivity index is 0.000000646. The van der Waals surface area contributed by atoms with Crippen LogP contribution in [0, 0.1) is 0 Å². The molecule has 0 aliphatic carbocycles. The molecule has 2 saturated heterocycles. The second-order valence-corrected chi connectivity index (χ2v) is 12.4. The Kier molecular flexibility index (Phi) is 7.94. The molecule has 2 fully saturated rings. The van der Waals surface area contributed by atoms with E-state index in [1.165, 1.54) is 4.90 Å². The molecule has 1 amide bonds. The van der Waals surface area contributed by atoms with Crippen LogP contribution in [0.15, 0.2) is 0 Å². The van der Waals surface area contributed by atoms with Gasteiger partial charge in [-0.15, -0.1) is 0 Å². The largest absolute Gasteiger partial charge is 0.444 e. The lowest BCUT2D eigenvalue weighted by atomic mass is 9.82. The average molecular weight is 452 g/mol. The SMILES string of the molecule is CC(C)(C)OC(=O)N1[C@@H]2CCC[C@H]1[C@H](F)[C@@H](OS(C)(=O)=O)C2.CS(=O)(=O)Cl. The van der Waals surface area contributed by atoms with Gasteiger partial charge in [0.1, 0.15) is 17.9 Å². The van der Waals surface area contributed by atoms with Crippen LogP contribution in [0.25, 0.3) is 0 Å². The number of carbonyl (C=O) groups excluding carboxylic acids is 1. The highest BCUT2D eigenvalue weighted by Gasteiger charge is 2.50. The van der Waals surface area contributed by atoms with Crippen LogP contribution in [0.3, 0.4) is 0 Å². The molecule has 0 aromatic heterocycles. The third-order valence-electron chi connectivity index (χ3n) is 3.92. The Hall–Kier alpha value is -0.650. The summed E-state index contributed by atoms with van der Waals surface area (Å²) in [4.78, 5) is 13.8. The molecular weight excluding hydrogens is 425 g/mol. The fourth-order valence-electron chi connectivity index (χ4n) is 3.22. The van der Waals surface area contributed by atoms with Crippen LogP contribution >= 0.6 is 10.7 Å². The number of ether oxygens (including phenoxy) is 1. The number of hydrogen-bond acceptors (Lipinski definition) is 7. The average Bonchev–Trinajstić information content (AvgIpc) is 2.39. The Labute approximate surface area is 164 Å². The monoisotopic (exact) mass is 451 g/mol. The van der Waals surface area contributed by atoms with Crippen molar-refractivity contribution in [2.75, 3.05) is 12.5 Å². The molecule has 0 unspecified atom stereocenters. The molecule has 0 spiro atoms. The molecule has 0 aromatic carbocycles. The fourth-order valence-corrected chi connectivity index (χ4v) is 3.85. The second kappa shape index (κ2) is 8.79. The van der Waals surface area contributed by atoms with Gasteiger partial charge in [-0.3, -0.25) is 9.08 Å². The molecule has 0 radical (unpaired) electrons. The van der Waals surface area contributed by atoms with E-state index in [0.717, 1.165) is 18.9 Å². The number of hydrogen-bond donors (Lipinski definition) is 0. The van der Waals surface area contributed by atoms with Gasteiger partial charge in [-0.25, -0.2) is 17.6 Å². The molecule has 0 aromatic rings. The van der Waals surface area contributed by atoms with Gasteiger partial charge in [0.25, 0.3) is 10.1 Å². The number of alkyl halides is 1. The van der Waals surface area contributed by atoms with Gasteiger partial charge in [0.2, 0.25) is 9.05 Å². The summed E-state index contributed by atoms with van der Waals surface area (Å²) in [6.07, 6.45) is 0.909. The van der Waals surface area contributed by atoms with Crippen LogP contribution in [-0.4, -0.2) is 70.3 Å². The molecule has 4 atom stereocenters. The van der Waals surface area contributed by atoms with Crippen molar-refractivity contribution >= 4 is 35.9 Å². The summed E-state index contributed by atoms with van der Waals surface area (Å²) in [5.41, 5.74) is -0.655. The molecular formula is C15H27ClFNO7S2. The lowest BCUT2D eigenvalue weighted by molar-refractivity contribution is -0.0775. The number of piperidine rings is 2. The van der Waals surface area contributed by atoms with Gasteiger partial charge >= 0.3 is 6.09 Å². The molecule has 0 N–H and O–H groups in total. The van der Waals surface area contributed by atoms with E-state index in [0.29, 0.717) is 12.8 Å². The zero-order chi connectivity index (χ0) is 21.2. The van der Waals surface area contributed by atoms with Gasteiger partial charge < -0.3 is 4.74 Å². The van der Waals surface area contributed by atoms with E-state index >= 15 is 0 Å². The molecule has 160 valence electrons. The van der Waals surface area contributed by atoms with E-state index in [1.54, 1.807) is 20.8 Å². The first-order valence-corrected chi connectivity index (χ1v) is 12.9. The van der Waals surface area contributed by atoms with Crippen LogP contribution < -0.4 is 0 Å². The Morgan fingerprint density at radius 1 is 1.15 bits per heavy atom. The minimum atomic E-state index is -3.73. The topological polar surface area (TPSA) is 107 Å². The van der Waals surface area contributed by atoms with Gasteiger partial charge in [-0.1, -0.05) is 0 Å². The van der Waals surface area contributed by atoms with Crippen LogP contribution in [-0.2, 0) is 28.1 Å². The normalized spacial score (nSPS) is 28.8. The van der Waals surface area contributed by atoms with Crippen molar-refractivity contribution in [3.8, 4) is 0 Å². The van der Waals surface area contributed by atoms with E-state index in [4.69, 9.17) is 8.92 Å². The van der Waals surface area contributed by atoms with E-state index in [-0.39, 0.29) is 12.5 Å². The molecule has 2 aliphatic rings. The summed E-state index contributed by atoms with van der Waals surface area (Å²) < 4.78 is 66.2. The lowest BCUT2D eigenvalue weighted by Gasteiger charge is -2.49. The summed E-state index contributed by atoms with van der Waals surface area (Å²) in [6, 6.07) is -0.929. The van der Waals surface area contributed by atoms with Crippen molar-refractivity contribution in [3.63, 3.8) is 0 Å². The first-order valence-electron chi connectivity index (χ1n) is 8.41. The van der Waals surface area contributed by atoms with Gasteiger partial charge in [-0.05, 0) is 46.5 Å². The van der Waals surface area contributed by atoms with Crippen molar-refractivity contribution < 1.29 is 34.9 Å². The zero-order valence-corrected chi connectivity index (χ0v) is 18.4. The Morgan fingerprint density at radius 3 is 2.11 bits per heavy atom. The third kappa shape index (κ3) is 8.93. The molecule has 2 bridgehead atoms. The number of halogens is 2. The number of carbonyl (C=O) groups is 1. The standard InChI is InChI=1S/C14H24FNO5S.CH3ClO2S/c1-14(2,3)20-13(17)16-9-6-5-7-10(16)12(15)11(8-9)21-22(4,18)19;1-5(2,3)4/h9-12H,5-8H2,1-4H3;1H3/t9-,10+,11+,12+;/m1./s1. The Bertz CT molecular complexity index is 728. The fraction of sp³-hybridized carbons (Fsp3) is 0.933. The second-order valence-electron chi connectivity index (χ2n) is 7.74. The number of nitrogens with zero attached hydrogens (tertiary/aromatic N) is 1. The maximum Gasteiger partial charge on any atom is 0.410 e.